The first-order valence-corrected chi connectivity index (χ1v) is 6.75. The van der Waals surface area contributed by atoms with Crippen LogP contribution in [0.3, 0.4) is 0 Å². The molecular formula is C13H21NO3S. The Kier molecular flexibility index (Phi) is 4.18. The number of rotatable bonds is 2. The predicted molar refractivity (Wildman–Crippen MR) is 71.7 cm³/mol. The molecule has 102 valence electrons. The summed E-state index contributed by atoms with van der Waals surface area (Å²) in [7, 11) is 0. The van der Waals surface area contributed by atoms with Crippen LogP contribution in [0, 0.1) is 5.41 Å². The highest BCUT2D eigenvalue weighted by molar-refractivity contribution is 7.09. The summed E-state index contributed by atoms with van der Waals surface area (Å²) in [5.41, 5.74) is -0.583. The van der Waals surface area contributed by atoms with E-state index in [0.29, 0.717) is 5.01 Å². The molecule has 1 rings (SSSR count). The lowest BCUT2D eigenvalue weighted by atomic mass is 9.90. The minimum absolute atomic E-state index is 0.258. The van der Waals surface area contributed by atoms with E-state index in [1.807, 2.05) is 41.5 Å². The van der Waals surface area contributed by atoms with Gasteiger partial charge < -0.3 is 9.84 Å². The summed E-state index contributed by atoms with van der Waals surface area (Å²) in [6.07, 6.45) is -0.682. The number of esters is 1. The Labute approximate surface area is 112 Å². The molecule has 4 nitrogen and oxygen atoms in total. The first-order chi connectivity index (χ1) is 8.00. The molecule has 5 heteroatoms. The van der Waals surface area contributed by atoms with Crippen LogP contribution in [0.15, 0.2) is 5.38 Å². The number of carbonyl (C=O) groups is 1. The smallest absolute Gasteiger partial charge is 0.358 e. The Hall–Kier alpha value is -0.940. The van der Waals surface area contributed by atoms with E-state index in [1.54, 1.807) is 5.38 Å². The Morgan fingerprint density at radius 2 is 1.89 bits per heavy atom. The molecule has 1 N–H and O–H groups in total. The van der Waals surface area contributed by atoms with Gasteiger partial charge in [0.1, 0.15) is 16.7 Å². The lowest BCUT2D eigenvalue weighted by molar-refractivity contribution is 0.00619. The fraction of sp³-hybridized carbons (Fsp3) is 0.692. The second-order valence-electron chi connectivity index (χ2n) is 6.34. The summed E-state index contributed by atoms with van der Waals surface area (Å²) in [6, 6.07) is 0. The zero-order valence-electron chi connectivity index (χ0n) is 11.8. The minimum Gasteiger partial charge on any atom is -0.455 e. The molecule has 1 heterocycles. The van der Waals surface area contributed by atoms with E-state index in [4.69, 9.17) is 4.74 Å². The van der Waals surface area contributed by atoms with E-state index in [-0.39, 0.29) is 11.1 Å². The van der Waals surface area contributed by atoms with E-state index < -0.39 is 17.7 Å². The first kappa shape index (κ1) is 15.1. The maximum absolute atomic E-state index is 11.8. The van der Waals surface area contributed by atoms with Gasteiger partial charge in [-0.05, 0) is 26.2 Å². The second kappa shape index (κ2) is 4.97. The summed E-state index contributed by atoms with van der Waals surface area (Å²) < 4.78 is 5.23. The monoisotopic (exact) mass is 271 g/mol. The predicted octanol–water partition coefficient (Wildman–Crippen LogP) is 3.18. The molecule has 0 aliphatic carbocycles. The maximum atomic E-state index is 11.8. The van der Waals surface area contributed by atoms with Gasteiger partial charge in [-0.1, -0.05) is 20.8 Å². The lowest BCUT2D eigenvalue weighted by Gasteiger charge is -2.23. The largest absolute Gasteiger partial charge is 0.455 e. The van der Waals surface area contributed by atoms with Crippen molar-refractivity contribution in [2.75, 3.05) is 0 Å². The lowest BCUT2D eigenvalue weighted by Crippen LogP contribution is -2.24. The molecule has 0 bridgehead atoms. The maximum Gasteiger partial charge on any atom is 0.358 e. The molecule has 0 unspecified atom stereocenters. The molecule has 0 fully saturated rings. The van der Waals surface area contributed by atoms with Crippen molar-refractivity contribution < 1.29 is 14.6 Å². The van der Waals surface area contributed by atoms with E-state index >= 15 is 0 Å². The van der Waals surface area contributed by atoms with Crippen LogP contribution in [0.4, 0.5) is 0 Å². The minimum atomic E-state index is -0.682. The van der Waals surface area contributed by atoms with Crippen molar-refractivity contribution in [1.82, 2.24) is 4.98 Å². The number of hydrogen-bond acceptors (Lipinski definition) is 5. The summed E-state index contributed by atoms with van der Waals surface area (Å²) in [5, 5.41) is 12.2. The molecule has 1 atom stereocenters. The number of aliphatic hydroxyl groups excluding tert-OH is 1. The van der Waals surface area contributed by atoms with Gasteiger partial charge >= 0.3 is 5.97 Å². The Bertz CT molecular complexity index is 426. The highest BCUT2D eigenvalue weighted by Crippen LogP contribution is 2.34. The third-order valence-electron chi connectivity index (χ3n) is 2.18. The molecule has 0 saturated carbocycles. The summed E-state index contributed by atoms with van der Waals surface area (Å²) in [4.78, 5) is 15.9. The van der Waals surface area contributed by atoms with Crippen LogP contribution < -0.4 is 0 Å². The van der Waals surface area contributed by atoms with Crippen LogP contribution in [0.2, 0.25) is 0 Å². The molecule has 18 heavy (non-hydrogen) atoms. The molecule has 0 aromatic carbocycles. The molecule has 0 aliphatic rings. The standard InChI is InChI=1S/C13H21NO3S/c1-12(2,3)9(15)10-14-8(7-18-10)11(16)17-13(4,5)6/h7,9,15H,1-6H3/t9-/m0/s1. The first-order valence-electron chi connectivity index (χ1n) is 5.87. The number of aliphatic hydroxyl groups is 1. The van der Waals surface area contributed by atoms with Crippen LogP contribution in [0.1, 0.15) is 63.1 Å². The van der Waals surface area contributed by atoms with Gasteiger partial charge in [0, 0.05) is 5.38 Å². The van der Waals surface area contributed by atoms with Crippen molar-refractivity contribution in [3.63, 3.8) is 0 Å². The quantitative estimate of drug-likeness (QED) is 0.839. The van der Waals surface area contributed by atoms with E-state index in [0.717, 1.165) is 0 Å². The molecule has 0 saturated heterocycles. The fourth-order valence-electron chi connectivity index (χ4n) is 1.21. The van der Waals surface area contributed by atoms with Crippen LogP contribution in [0.25, 0.3) is 0 Å². The summed E-state index contributed by atoms with van der Waals surface area (Å²) >= 11 is 1.28. The Balaban J connectivity index is 2.84. The van der Waals surface area contributed by atoms with Gasteiger partial charge in [0.25, 0.3) is 0 Å². The molecule has 0 amide bonds. The van der Waals surface area contributed by atoms with Crippen molar-refractivity contribution >= 4 is 17.3 Å². The number of hydrogen-bond donors (Lipinski definition) is 1. The Morgan fingerprint density at radius 1 is 1.33 bits per heavy atom. The van der Waals surface area contributed by atoms with Gasteiger partial charge in [0.2, 0.25) is 0 Å². The van der Waals surface area contributed by atoms with Gasteiger partial charge in [-0.3, -0.25) is 0 Å². The third-order valence-corrected chi connectivity index (χ3v) is 3.08. The number of aromatic nitrogens is 1. The molecule has 1 aromatic rings. The van der Waals surface area contributed by atoms with Crippen LogP contribution in [0.5, 0.6) is 0 Å². The van der Waals surface area contributed by atoms with Crippen molar-refractivity contribution in [2.45, 2.75) is 53.2 Å². The van der Waals surface area contributed by atoms with Crippen LogP contribution in [-0.2, 0) is 4.74 Å². The van der Waals surface area contributed by atoms with Crippen LogP contribution >= 0.6 is 11.3 Å². The van der Waals surface area contributed by atoms with Gasteiger partial charge in [0.05, 0.1) is 0 Å². The normalized spacial score (nSPS) is 14.4. The number of ether oxygens (including phenoxy) is 1. The zero-order valence-corrected chi connectivity index (χ0v) is 12.6. The van der Waals surface area contributed by atoms with Crippen molar-refractivity contribution in [2.24, 2.45) is 5.41 Å². The second-order valence-corrected chi connectivity index (χ2v) is 7.23. The SMILES string of the molecule is CC(C)(C)OC(=O)c1csc([C@H](O)C(C)(C)C)n1. The Morgan fingerprint density at radius 3 is 2.33 bits per heavy atom. The molecule has 0 radical (unpaired) electrons. The van der Waals surface area contributed by atoms with E-state index in [9.17, 15) is 9.90 Å². The van der Waals surface area contributed by atoms with Crippen molar-refractivity contribution in [1.29, 1.82) is 0 Å². The molecule has 1 aromatic heterocycles. The van der Waals surface area contributed by atoms with E-state index in [1.165, 1.54) is 11.3 Å². The van der Waals surface area contributed by atoms with Crippen molar-refractivity contribution in [3.05, 3.63) is 16.1 Å². The summed E-state index contributed by atoms with van der Waals surface area (Å²) in [5.74, 6) is -0.453. The molecular weight excluding hydrogens is 250 g/mol. The topological polar surface area (TPSA) is 59.4 Å². The van der Waals surface area contributed by atoms with E-state index in [2.05, 4.69) is 4.98 Å². The number of thiazole rings is 1. The highest BCUT2D eigenvalue weighted by Gasteiger charge is 2.28. The van der Waals surface area contributed by atoms with Gasteiger partial charge in [-0.2, -0.15) is 0 Å². The molecule has 0 spiro atoms. The number of nitrogens with zero attached hydrogens (tertiary/aromatic N) is 1. The molecule has 0 aliphatic heterocycles. The summed E-state index contributed by atoms with van der Waals surface area (Å²) in [6.45, 7) is 11.2. The van der Waals surface area contributed by atoms with Gasteiger partial charge in [-0.15, -0.1) is 11.3 Å². The highest BCUT2D eigenvalue weighted by atomic mass is 32.1. The zero-order chi connectivity index (χ0) is 14.1. The fourth-order valence-corrected chi connectivity index (χ4v) is 2.22. The average molecular weight is 271 g/mol. The van der Waals surface area contributed by atoms with Gasteiger partial charge in [-0.25, -0.2) is 9.78 Å². The third kappa shape index (κ3) is 4.07. The number of carbonyl (C=O) groups excluding carboxylic acids is 1. The van der Waals surface area contributed by atoms with Gasteiger partial charge in [0.15, 0.2) is 5.69 Å². The van der Waals surface area contributed by atoms with Crippen molar-refractivity contribution in [3.8, 4) is 0 Å². The van der Waals surface area contributed by atoms with Crippen LogP contribution in [-0.4, -0.2) is 21.7 Å². The average Bonchev–Trinajstić information content (AvgIpc) is 2.60.